The highest BCUT2D eigenvalue weighted by atomic mass is 19.3. The molecule has 0 aliphatic carbocycles. The molecule has 0 aromatic carbocycles. The lowest BCUT2D eigenvalue weighted by Crippen LogP contribution is -2.15. The summed E-state index contributed by atoms with van der Waals surface area (Å²) in [5.74, 6) is 0. The van der Waals surface area contributed by atoms with Gasteiger partial charge < -0.3 is 4.74 Å². The number of aryl methyl sites for hydroxylation is 1. The summed E-state index contributed by atoms with van der Waals surface area (Å²) in [4.78, 5) is 0. The van der Waals surface area contributed by atoms with Crippen molar-refractivity contribution in [1.29, 1.82) is 0 Å². The van der Waals surface area contributed by atoms with E-state index in [-0.39, 0.29) is 6.61 Å². The summed E-state index contributed by atoms with van der Waals surface area (Å²) < 4.78 is 30.1. The predicted octanol–water partition coefficient (Wildman–Crippen LogP) is 1.55. The molecule has 1 heterocycles. The molecule has 0 spiro atoms. The van der Waals surface area contributed by atoms with E-state index in [0.717, 1.165) is 0 Å². The highest BCUT2D eigenvalue weighted by molar-refractivity contribution is 4.96. The van der Waals surface area contributed by atoms with Gasteiger partial charge in [-0.15, -0.1) is 0 Å². The number of nitrogens with zero attached hydrogens (tertiary/aromatic N) is 2. The van der Waals surface area contributed by atoms with E-state index < -0.39 is 6.11 Å². The average molecular weight is 176 g/mol. The Hall–Kier alpha value is -0.970. The molecule has 0 aliphatic rings. The van der Waals surface area contributed by atoms with Crippen LogP contribution in [-0.2, 0) is 18.4 Å². The molecule has 0 fully saturated rings. The van der Waals surface area contributed by atoms with Crippen LogP contribution < -0.4 is 0 Å². The molecular formula is C7H10F2N2O. The van der Waals surface area contributed by atoms with Crippen molar-refractivity contribution >= 4 is 0 Å². The number of halogens is 2. The van der Waals surface area contributed by atoms with E-state index in [4.69, 9.17) is 0 Å². The number of hydrogen-bond acceptors (Lipinski definition) is 2. The molecule has 5 heteroatoms. The highest BCUT2D eigenvalue weighted by Crippen LogP contribution is 2.15. The zero-order valence-corrected chi connectivity index (χ0v) is 6.92. The topological polar surface area (TPSA) is 27.1 Å². The lowest BCUT2D eigenvalue weighted by Gasteiger charge is -2.09. The molecule has 1 rings (SSSR count). The second-order valence-corrected chi connectivity index (χ2v) is 2.58. The van der Waals surface area contributed by atoms with Crippen molar-refractivity contribution < 1.29 is 13.5 Å². The number of alkyl halides is 2. The molecule has 0 aliphatic heterocycles. The van der Waals surface area contributed by atoms with E-state index in [0.29, 0.717) is 12.6 Å². The van der Waals surface area contributed by atoms with Gasteiger partial charge in [-0.25, -0.2) is 0 Å². The normalized spacial score (nSPS) is 12.0. The molecule has 68 valence electrons. The van der Waals surface area contributed by atoms with Crippen LogP contribution in [0.1, 0.15) is 12.6 Å². The fraction of sp³-hybridized carbons (Fsp3) is 0.571. The fourth-order valence-corrected chi connectivity index (χ4v) is 0.741. The molecule has 0 atom stereocenters. The Bertz CT molecular complexity index is 254. The molecule has 0 radical (unpaired) electrons. The van der Waals surface area contributed by atoms with Gasteiger partial charge in [0, 0.05) is 20.2 Å². The molecule has 0 N–H and O–H groups in total. The van der Waals surface area contributed by atoms with Gasteiger partial charge in [-0.2, -0.15) is 13.9 Å². The minimum absolute atomic E-state index is 0.162. The first kappa shape index (κ1) is 9.12. The number of hydrogen-bond donors (Lipinski definition) is 0. The minimum Gasteiger partial charge on any atom is -0.314 e. The quantitative estimate of drug-likeness (QED) is 0.698. The first-order valence-electron chi connectivity index (χ1n) is 3.48. The van der Waals surface area contributed by atoms with Crippen molar-refractivity contribution in [3.8, 4) is 0 Å². The minimum atomic E-state index is -3.09. The number of aromatic nitrogens is 2. The van der Waals surface area contributed by atoms with E-state index in [1.165, 1.54) is 4.68 Å². The highest BCUT2D eigenvalue weighted by Gasteiger charge is 2.21. The van der Waals surface area contributed by atoms with Crippen LogP contribution in [0.3, 0.4) is 0 Å². The molecule has 12 heavy (non-hydrogen) atoms. The maximum Gasteiger partial charge on any atom is 0.353 e. The zero-order valence-electron chi connectivity index (χ0n) is 6.92. The standard InChI is InChI=1S/C7H10F2N2O/c1-7(8,9)12-5-6-3-4-11(2)10-6/h3-4H,5H2,1-2H3. The Labute approximate surface area is 68.9 Å². The van der Waals surface area contributed by atoms with Crippen molar-refractivity contribution in [2.24, 2.45) is 7.05 Å². The van der Waals surface area contributed by atoms with Crippen LogP contribution >= 0.6 is 0 Å². The summed E-state index contributed by atoms with van der Waals surface area (Å²) in [7, 11) is 1.72. The predicted molar refractivity (Wildman–Crippen MR) is 38.6 cm³/mol. The van der Waals surface area contributed by atoms with Gasteiger partial charge in [0.25, 0.3) is 0 Å². The van der Waals surface area contributed by atoms with Crippen LogP contribution in [0.5, 0.6) is 0 Å². The first-order valence-corrected chi connectivity index (χ1v) is 3.48. The second-order valence-electron chi connectivity index (χ2n) is 2.58. The van der Waals surface area contributed by atoms with Crippen molar-refractivity contribution in [1.82, 2.24) is 9.78 Å². The van der Waals surface area contributed by atoms with Crippen molar-refractivity contribution in [2.45, 2.75) is 19.6 Å². The van der Waals surface area contributed by atoms with Crippen LogP contribution in [0.15, 0.2) is 12.3 Å². The van der Waals surface area contributed by atoms with Gasteiger partial charge in [0.1, 0.15) is 0 Å². The summed E-state index contributed by atoms with van der Waals surface area (Å²) in [5, 5.41) is 3.87. The molecule has 1 aromatic rings. The lowest BCUT2D eigenvalue weighted by molar-refractivity contribution is -0.231. The summed E-state index contributed by atoms with van der Waals surface area (Å²) in [6.45, 7) is 0.542. The Morgan fingerprint density at radius 2 is 2.33 bits per heavy atom. The molecular weight excluding hydrogens is 166 g/mol. The molecule has 3 nitrogen and oxygen atoms in total. The number of ether oxygens (including phenoxy) is 1. The number of rotatable bonds is 3. The first-order chi connectivity index (χ1) is 5.47. The van der Waals surface area contributed by atoms with Gasteiger partial charge in [0.05, 0.1) is 12.3 Å². The van der Waals surface area contributed by atoms with E-state index in [2.05, 4.69) is 9.84 Å². The van der Waals surface area contributed by atoms with Gasteiger partial charge >= 0.3 is 6.11 Å². The van der Waals surface area contributed by atoms with Crippen LogP contribution in [0.4, 0.5) is 8.78 Å². The van der Waals surface area contributed by atoms with Gasteiger partial charge in [-0.1, -0.05) is 0 Å². The monoisotopic (exact) mass is 176 g/mol. The van der Waals surface area contributed by atoms with Crippen molar-refractivity contribution in [3.63, 3.8) is 0 Å². The van der Waals surface area contributed by atoms with E-state index in [1.807, 2.05) is 0 Å². The van der Waals surface area contributed by atoms with E-state index >= 15 is 0 Å². The van der Waals surface area contributed by atoms with Gasteiger partial charge in [0.2, 0.25) is 0 Å². The third kappa shape index (κ3) is 2.96. The van der Waals surface area contributed by atoms with Gasteiger partial charge in [-0.05, 0) is 6.07 Å². The molecule has 1 aromatic heterocycles. The molecule has 0 bridgehead atoms. The maximum atomic E-state index is 12.2. The second kappa shape index (κ2) is 3.18. The largest absolute Gasteiger partial charge is 0.353 e. The SMILES string of the molecule is Cn1ccc(COC(C)(F)F)n1. The molecule has 0 amide bonds. The molecule has 0 saturated heterocycles. The Morgan fingerprint density at radius 3 is 2.75 bits per heavy atom. The Balaban J connectivity index is 2.44. The Kier molecular flexibility index (Phi) is 2.42. The smallest absolute Gasteiger partial charge is 0.314 e. The fourth-order valence-electron chi connectivity index (χ4n) is 0.741. The summed E-state index contributed by atoms with van der Waals surface area (Å²) in [6.07, 6.45) is -1.41. The third-order valence-electron chi connectivity index (χ3n) is 1.24. The van der Waals surface area contributed by atoms with Gasteiger partial charge in [-0.3, -0.25) is 4.68 Å². The average Bonchev–Trinajstić information content (AvgIpc) is 2.30. The lowest BCUT2D eigenvalue weighted by atomic mass is 10.5. The van der Waals surface area contributed by atoms with Crippen LogP contribution in [0.25, 0.3) is 0 Å². The maximum absolute atomic E-state index is 12.2. The molecule has 0 unspecified atom stereocenters. The summed E-state index contributed by atoms with van der Waals surface area (Å²) >= 11 is 0. The zero-order chi connectivity index (χ0) is 9.19. The van der Waals surface area contributed by atoms with E-state index in [9.17, 15) is 8.78 Å². The van der Waals surface area contributed by atoms with Crippen molar-refractivity contribution in [3.05, 3.63) is 18.0 Å². The van der Waals surface area contributed by atoms with E-state index in [1.54, 1.807) is 19.3 Å². The van der Waals surface area contributed by atoms with Crippen LogP contribution in [-0.4, -0.2) is 15.9 Å². The third-order valence-corrected chi connectivity index (χ3v) is 1.24. The summed E-state index contributed by atoms with van der Waals surface area (Å²) in [5.41, 5.74) is 0.499. The van der Waals surface area contributed by atoms with Crippen molar-refractivity contribution in [2.75, 3.05) is 0 Å². The van der Waals surface area contributed by atoms with Gasteiger partial charge in [0.15, 0.2) is 0 Å². The Morgan fingerprint density at radius 1 is 1.67 bits per heavy atom. The van der Waals surface area contributed by atoms with Crippen LogP contribution in [0.2, 0.25) is 0 Å². The van der Waals surface area contributed by atoms with Crippen LogP contribution in [0, 0.1) is 0 Å². The summed E-state index contributed by atoms with van der Waals surface area (Å²) in [6, 6.07) is 1.63. The molecule has 0 saturated carbocycles.